The second kappa shape index (κ2) is 14.0. The fraction of sp³-hybridized carbons (Fsp3) is 0.464. The van der Waals surface area contributed by atoms with E-state index in [1.165, 1.54) is 12.1 Å². The minimum atomic E-state index is -4.36. The fourth-order valence-electron chi connectivity index (χ4n) is 5.12. The van der Waals surface area contributed by atoms with Crippen molar-refractivity contribution in [2.75, 3.05) is 19.6 Å². The van der Waals surface area contributed by atoms with Gasteiger partial charge in [-0.2, -0.15) is 4.72 Å². The van der Waals surface area contributed by atoms with Crippen molar-refractivity contribution in [1.29, 1.82) is 5.41 Å². The molecular weight excluding hydrogens is 594 g/mol. The summed E-state index contributed by atoms with van der Waals surface area (Å²) in [7, 11) is -4.36. The second-order valence-corrected chi connectivity index (χ2v) is 12.8. The smallest absolute Gasteiger partial charge is 0.323 e. The van der Waals surface area contributed by atoms with E-state index >= 15 is 0 Å². The Kier molecular flexibility index (Phi) is 10.4. The molecule has 44 heavy (non-hydrogen) atoms. The number of benzene rings is 2. The van der Waals surface area contributed by atoms with E-state index in [1.54, 1.807) is 29.2 Å². The molecule has 1 heterocycles. The summed E-state index contributed by atoms with van der Waals surface area (Å²) in [5.74, 6) is -4.54. The van der Waals surface area contributed by atoms with E-state index < -0.39 is 64.7 Å². The Morgan fingerprint density at radius 1 is 1.02 bits per heavy atom. The van der Waals surface area contributed by atoms with Crippen molar-refractivity contribution in [2.24, 2.45) is 11.7 Å². The topological polar surface area (TPSA) is 235 Å². The van der Waals surface area contributed by atoms with Crippen LogP contribution in [0.25, 0.3) is 10.8 Å². The highest BCUT2D eigenvalue weighted by Gasteiger charge is 2.41. The van der Waals surface area contributed by atoms with Crippen molar-refractivity contribution in [3.8, 4) is 0 Å². The number of carboxylic acids is 2. The molecule has 4 rings (SSSR count). The molecular formula is C28H37N7O8S. The summed E-state index contributed by atoms with van der Waals surface area (Å²) in [4.78, 5) is 51.5. The SMILES string of the molecule is N=C(N)N1CCC[C@H](CNC(=O)C[C@H](NS(=O)(=O)c2ccc3ccccc3c2)C(=O)N(N[C@@H](CC(=O)O)C(=O)O)C2CC2)C1. The van der Waals surface area contributed by atoms with E-state index in [1.807, 2.05) is 6.07 Å². The molecule has 1 aliphatic carbocycles. The van der Waals surface area contributed by atoms with Crippen LogP contribution in [0.5, 0.6) is 0 Å². The molecule has 2 fully saturated rings. The van der Waals surface area contributed by atoms with Gasteiger partial charge in [-0.05, 0) is 54.5 Å². The van der Waals surface area contributed by atoms with Gasteiger partial charge in [0.25, 0.3) is 5.91 Å². The summed E-state index contributed by atoms with van der Waals surface area (Å²) in [5, 5.41) is 31.5. The lowest BCUT2D eigenvalue weighted by Crippen LogP contribution is -2.59. The van der Waals surface area contributed by atoms with E-state index in [4.69, 9.17) is 16.2 Å². The summed E-state index contributed by atoms with van der Waals surface area (Å²) >= 11 is 0. The maximum absolute atomic E-state index is 13.8. The van der Waals surface area contributed by atoms with Crippen molar-refractivity contribution in [2.45, 2.75) is 61.5 Å². The van der Waals surface area contributed by atoms with E-state index in [0.29, 0.717) is 31.3 Å². The molecule has 15 nitrogen and oxygen atoms in total. The van der Waals surface area contributed by atoms with Crippen molar-refractivity contribution >= 4 is 50.5 Å². The first kappa shape index (κ1) is 32.6. The third-order valence-electron chi connectivity index (χ3n) is 7.59. The van der Waals surface area contributed by atoms with Crippen LogP contribution in [0.1, 0.15) is 38.5 Å². The van der Waals surface area contributed by atoms with Crippen LogP contribution in [-0.2, 0) is 29.2 Å². The Bertz CT molecular complexity index is 1530. The monoisotopic (exact) mass is 631 g/mol. The lowest BCUT2D eigenvalue weighted by Gasteiger charge is -2.33. The first-order valence-electron chi connectivity index (χ1n) is 14.2. The summed E-state index contributed by atoms with van der Waals surface area (Å²) < 4.78 is 29.4. The third-order valence-corrected chi connectivity index (χ3v) is 9.05. The second-order valence-electron chi connectivity index (χ2n) is 11.1. The number of aliphatic carboxylic acids is 2. The lowest BCUT2D eigenvalue weighted by atomic mass is 9.98. The van der Waals surface area contributed by atoms with Gasteiger partial charge in [0.05, 0.1) is 17.7 Å². The van der Waals surface area contributed by atoms with Crippen LogP contribution < -0.4 is 21.2 Å². The van der Waals surface area contributed by atoms with Crippen LogP contribution in [0.2, 0.25) is 0 Å². The number of nitrogens with zero attached hydrogens (tertiary/aromatic N) is 2. The van der Waals surface area contributed by atoms with E-state index in [9.17, 15) is 32.7 Å². The summed E-state index contributed by atoms with van der Waals surface area (Å²) in [6.07, 6.45) is 1.07. The van der Waals surface area contributed by atoms with Gasteiger partial charge in [0.1, 0.15) is 12.1 Å². The predicted molar refractivity (Wildman–Crippen MR) is 159 cm³/mol. The number of amides is 2. The van der Waals surface area contributed by atoms with Crippen molar-refractivity contribution < 1.29 is 37.8 Å². The first-order valence-corrected chi connectivity index (χ1v) is 15.7. The zero-order valence-corrected chi connectivity index (χ0v) is 24.8. The molecule has 2 aromatic carbocycles. The number of hydrogen-bond acceptors (Lipinski definition) is 8. The number of hydrazine groups is 1. The Morgan fingerprint density at radius 2 is 1.73 bits per heavy atom. The Morgan fingerprint density at radius 3 is 2.36 bits per heavy atom. The Balaban J connectivity index is 1.55. The number of fused-ring (bicyclic) bond motifs is 1. The number of carboxylic acid groups (broad SMARTS) is 2. The standard InChI is InChI=1S/C28H37N7O8S/c29-28(30)34-11-3-4-17(16-34)15-31-24(36)13-22(26(39)35(20-8-9-20)32-23(27(40)41)14-25(37)38)33-44(42,43)21-10-7-18-5-1-2-6-19(18)12-21/h1-2,5-7,10,12,17,20,22-23,32-33H,3-4,8-9,11,13-16H2,(H3,29,30)(H,31,36)(H,37,38)(H,40,41)/t17-,22+,23+/m1/s1. The van der Waals surface area contributed by atoms with Crippen molar-refractivity contribution in [3.05, 3.63) is 42.5 Å². The average Bonchev–Trinajstić information content (AvgIpc) is 3.82. The number of piperidine rings is 1. The highest BCUT2D eigenvalue weighted by atomic mass is 32.2. The van der Waals surface area contributed by atoms with Gasteiger partial charge in [-0.3, -0.25) is 29.6 Å². The molecule has 0 spiro atoms. The normalized spacial score (nSPS) is 18.3. The molecule has 16 heteroatoms. The van der Waals surface area contributed by atoms with Crippen LogP contribution in [-0.4, -0.2) is 96.0 Å². The number of carbonyl (C=O) groups is 4. The van der Waals surface area contributed by atoms with Gasteiger partial charge in [-0.15, -0.1) is 0 Å². The molecule has 1 saturated heterocycles. The number of hydrogen-bond donors (Lipinski definition) is 7. The zero-order valence-electron chi connectivity index (χ0n) is 23.9. The van der Waals surface area contributed by atoms with Gasteiger partial charge in [0.2, 0.25) is 15.9 Å². The zero-order chi connectivity index (χ0) is 32.0. The quantitative estimate of drug-likeness (QED) is 0.0834. The molecule has 1 aliphatic heterocycles. The molecule has 0 bridgehead atoms. The number of likely N-dealkylation sites (tertiary alicyclic amines) is 1. The molecule has 0 unspecified atom stereocenters. The van der Waals surface area contributed by atoms with Gasteiger partial charge in [0.15, 0.2) is 5.96 Å². The number of nitrogens with two attached hydrogens (primary N) is 1. The minimum Gasteiger partial charge on any atom is -0.481 e. The van der Waals surface area contributed by atoms with Gasteiger partial charge in [-0.25, -0.2) is 13.8 Å². The highest BCUT2D eigenvalue weighted by molar-refractivity contribution is 7.89. The largest absolute Gasteiger partial charge is 0.481 e. The summed E-state index contributed by atoms with van der Waals surface area (Å²) in [6, 6.07) is 7.72. The number of nitrogens with one attached hydrogen (secondary N) is 4. The van der Waals surface area contributed by atoms with E-state index in [-0.39, 0.29) is 23.3 Å². The van der Waals surface area contributed by atoms with E-state index in [2.05, 4.69) is 15.5 Å². The number of rotatable bonds is 14. The van der Waals surface area contributed by atoms with Gasteiger partial charge in [-0.1, -0.05) is 30.3 Å². The first-order chi connectivity index (χ1) is 20.8. The maximum Gasteiger partial charge on any atom is 0.323 e. The van der Waals surface area contributed by atoms with Crippen LogP contribution >= 0.6 is 0 Å². The fourth-order valence-corrected chi connectivity index (χ4v) is 6.34. The van der Waals surface area contributed by atoms with Crippen LogP contribution in [0.15, 0.2) is 47.4 Å². The van der Waals surface area contributed by atoms with Gasteiger partial charge < -0.3 is 26.2 Å². The average molecular weight is 632 g/mol. The van der Waals surface area contributed by atoms with Gasteiger partial charge in [0, 0.05) is 25.7 Å². The predicted octanol–water partition coefficient (Wildman–Crippen LogP) is 0.0220. The highest BCUT2D eigenvalue weighted by Crippen LogP contribution is 2.27. The molecule has 1 saturated carbocycles. The minimum absolute atomic E-state index is 0.0167. The third kappa shape index (κ3) is 8.64. The van der Waals surface area contributed by atoms with Crippen LogP contribution in [0, 0.1) is 11.3 Å². The Labute approximate surface area is 254 Å². The molecule has 2 aromatic rings. The summed E-state index contributed by atoms with van der Waals surface area (Å²) in [6.45, 7) is 1.31. The van der Waals surface area contributed by atoms with Crippen molar-refractivity contribution in [3.63, 3.8) is 0 Å². The van der Waals surface area contributed by atoms with Crippen LogP contribution in [0.4, 0.5) is 0 Å². The van der Waals surface area contributed by atoms with Gasteiger partial charge >= 0.3 is 11.9 Å². The molecule has 2 amide bonds. The molecule has 0 radical (unpaired) electrons. The lowest BCUT2D eigenvalue weighted by molar-refractivity contribution is -0.151. The molecule has 2 aliphatic rings. The Hall–Kier alpha value is -4.28. The molecule has 8 N–H and O–H groups in total. The maximum atomic E-state index is 13.8. The number of guanidine groups is 1. The number of carbonyl (C=O) groups excluding carboxylic acids is 2. The number of sulfonamides is 1. The summed E-state index contributed by atoms with van der Waals surface area (Å²) in [5.41, 5.74) is 8.05. The molecule has 0 aromatic heterocycles. The molecule has 3 atom stereocenters. The molecule has 238 valence electrons. The van der Waals surface area contributed by atoms with Crippen molar-refractivity contribution in [1.82, 2.24) is 25.4 Å². The van der Waals surface area contributed by atoms with E-state index in [0.717, 1.165) is 23.2 Å². The van der Waals surface area contributed by atoms with Crippen LogP contribution in [0.3, 0.4) is 0 Å².